The van der Waals surface area contributed by atoms with Crippen molar-refractivity contribution in [3.05, 3.63) is 29.0 Å². The van der Waals surface area contributed by atoms with Crippen molar-refractivity contribution in [3.63, 3.8) is 0 Å². The number of aromatic nitrogens is 1. The third-order valence-corrected chi connectivity index (χ3v) is 2.54. The topological polar surface area (TPSA) is 62.2 Å². The highest BCUT2D eigenvalue weighted by Crippen LogP contribution is 2.07. The molecule has 0 bridgehead atoms. The zero-order valence-corrected chi connectivity index (χ0v) is 10.7. The highest BCUT2D eigenvalue weighted by Gasteiger charge is 2.10. The van der Waals surface area contributed by atoms with Gasteiger partial charge in [0, 0.05) is 12.7 Å². The lowest BCUT2D eigenvalue weighted by Crippen LogP contribution is -2.30. The third kappa shape index (κ3) is 5.15. The number of carbonyl (C=O) groups excluding carboxylic acids is 1. The van der Waals surface area contributed by atoms with E-state index in [2.05, 4.69) is 10.3 Å². The summed E-state index contributed by atoms with van der Waals surface area (Å²) in [5.74, 6) is 0.00496. The second-order valence-electron chi connectivity index (χ2n) is 4.26. The SMILES string of the molecule is CC(O)CC(C)CNC(=O)c1ccc(Cl)cn1. The quantitative estimate of drug-likeness (QED) is 0.846. The van der Waals surface area contributed by atoms with E-state index in [9.17, 15) is 9.90 Å². The van der Waals surface area contributed by atoms with Crippen LogP contribution in [0.15, 0.2) is 18.3 Å². The van der Waals surface area contributed by atoms with Crippen LogP contribution in [0.25, 0.3) is 0 Å². The molecule has 4 nitrogen and oxygen atoms in total. The minimum absolute atomic E-state index is 0.223. The maximum Gasteiger partial charge on any atom is 0.269 e. The summed E-state index contributed by atoms with van der Waals surface area (Å²) in [4.78, 5) is 15.6. The Morgan fingerprint density at radius 2 is 2.24 bits per heavy atom. The van der Waals surface area contributed by atoms with E-state index in [4.69, 9.17) is 11.6 Å². The molecule has 0 aliphatic rings. The van der Waals surface area contributed by atoms with Crippen molar-refractivity contribution in [2.75, 3.05) is 6.54 Å². The average molecular weight is 257 g/mol. The molecule has 0 radical (unpaired) electrons. The number of rotatable bonds is 5. The Morgan fingerprint density at radius 1 is 1.53 bits per heavy atom. The zero-order valence-electron chi connectivity index (χ0n) is 9.98. The van der Waals surface area contributed by atoms with E-state index in [1.54, 1.807) is 19.1 Å². The smallest absolute Gasteiger partial charge is 0.269 e. The van der Waals surface area contributed by atoms with Gasteiger partial charge in [-0.05, 0) is 31.4 Å². The van der Waals surface area contributed by atoms with Crippen molar-refractivity contribution in [1.82, 2.24) is 10.3 Å². The first-order chi connectivity index (χ1) is 7.99. The van der Waals surface area contributed by atoms with E-state index >= 15 is 0 Å². The molecule has 2 atom stereocenters. The van der Waals surface area contributed by atoms with Gasteiger partial charge in [0.1, 0.15) is 5.69 Å². The van der Waals surface area contributed by atoms with Crippen LogP contribution < -0.4 is 5.32 Å². The van der Waals surface area contributed by atoms with E-state index in [0.717, 1.165) is 0 Å². The third-order valence-electron chi connectivity index (χ3n) is 2.31. The molecule has 94 valence electrons. The van der Waals surface area contributed by atoms with Crippen LogP contribution in [0.5, 0.6) is 0 Å². The second kappa shape index (κ2) is 6.57. The van der Waals surface area contributed by atoms with Gasteiger partial charge in [0.25, 0.3) is 5.91 Å². The number of hydrogen-bond acceptors (Lipinski definition) is 3. The minimum Gasteiger partial charge on any atom is -0.393 e. The number of amides is 1. The number of nitrogens with zero attached hydrogens (tertiary/aromatic N) is 1. The first kappa shape index (κ1) is 13.9. The monoisotopic (exact) mass is 256 g/mol. The Bertz CT molecular complexity index is 365. The highest BCUT2D eigenvalue weighted by atomic mass is 35.5. The van der Waals surface area contributed by atoms with E-state index in [1.165, 1.54) is 6.20 Å². The largest absolute Gasteiger partial charge is 0.393 e. The van der Waals surface area contributed by atoms with Crippen molar-refractivity contribution < 1.29 is 9.90 Å². The molecule has 0 saturated carbocycles. The number of pyridine rings is 1. The Kier molecular flexibility index (Phi) is 5.38. The summed E-state index contributed by atoms with van der Waals surface area (Å²) in [5.41, 5.74) is 0.346. The molecule has 1 rings (SSSR count). The molecule has 0 saturated heterocycles. The van der Waals surface area contributed by atoms with E-state index in [1.807, 2.05) is 6.92 Å². The van der Waals surface area contributed by atoms with Crippen molar-refractivity contribution in [2.24, 2.45) is 5.92 Å². The summed E-state index contributed by atoms with van der Waals surface area (Å²) in [7, 11) is 0. The molecule has 2 N–H and O–H groups in total. The molecular formula is C12H17ClN2O2. The van der Waals surface area contributed by atoms with Gasteiger partial charge in [0.05, 0.1) is 11.1 Å². The molecule has 17 heavy (non-hydrogen) atoms. The first-order valence-corrected chi connectivity index (χ1v) is 5.94. The molecular weight excluding hydrogens is 240 g/mol. The fraction of sp³-hybridized carbons (Fsp3) is 0.500. The van der Waals surface area contributed by atoms with Gasteiger partial charge < -0.3 is 10.4 Å². The Morgan fingerprint density at radius 3 is 2.76 bits per heavy atom. The number of halogens is 1. The number of hydrogen-bond donors (Lipinski definition) is 2. The van der Waals surface area contributed by atoms with Crippen LogP contribution in [0, 0.1) is 5.92 Å². The van der Waals surface area contributed by atoms with Crippen LogP contribution >= 0.6 is 11.6 Å². The molecule has 0 aromatic carbocycles. The number of nitrogens with one attached hydrogen (secondary N) is 1. The Balaban J connectivity index is 2.42. The van der Waals surface area contributed by atoms with Crippen molar-refractivity contribution in [2.45, 2.75) is 26.4 Å². The standard InChI is InChI=1S/C12H17ClN2O2/c1-8(5-9(2)16)6-15-12(17)11-4-3-10(13)7-14-11/h3-4,7-9,16H,5-6H2,1-2H3,(H,15,17). The average Bonchev–Trinajstić information content (AvgIpc) is 2.26. The van der Waals surface area contributed by atoms with Crippen LogP contribution in [0.4, 0.5) is 0 Å². The van der Waals surface area contributed by atoms with E-state index < -0.39 is 0 Å². The van der Waals surface area contributed by atoms with Gasteiger partial charge in [-0.15, -0.1) is 0 Å². The molecule has 1 aromatic heterocycles. The second-order valence-corrected chi connectivity index (χ2v) is 4.70. The summed E-state index contributed by atoms with van der Waals surface area (Å²) in [6.45, 7) is 4.23. The van der Waals surface area contributed by atoms with Crippen LogP contribution in [0.3, 0.4) is 0 Å². The molecule has 1 heterocycles. The fourth-order valence-corrected chi connectivity index (χ4v) is 1.65. The molecule has 0 spiro atoms. The van der Waals surface area contributed by atoms with Gasteiger partial charge in [0.15, 0.2) is 0 Å². The number of aliphatic hydroxyl groups is 1. The fourth-order valence-electron chi connectivity index (χ4n) is 1.53. The lowest BCUT2D eigenvalue weighted by Gasteiger charge is -2.13. The van der Waals surface area contributed by atoms with Crippen molar-refractivity contribution >= 4 is 17.5 Å². The number of carbonyl (C=O) groups is 1. The summed E-state index contributed by atoms with van der Waals surface area (Å²) < 4.78 is 0. The lowest BCUT2D eigenvalue weighted by atomic mass is 10.0. The van der Waals surface area contributed by atoms with Gasteiger partial charge in [-0.2, -0.15) is 0 Å². The van der Waals surface area contributed by atoms with Gasteiger partial charge >= 0.3 is 0 Å². The van der Waals surface area contributed by atoms with Gasteiger partial charge in [-0.25, -0.2) is 4.98 Å². The summed E-state index contributed by atoms with van der Waals surface area (Å²) in [5, 5.41) is 12.5. The molecule has 0 aliphatic heterocycles. The maximum atomic E-state index is 11.7. The zero-order chi connectivity index (χ0) is 12.8. The summed E-state index contributed by atoms with van der Waals surface area (Å²) >= 11 is 5.68. The highest BCUT2D eigenvalue weighted by molar-refractivity contribution is 6.30. The molecule has 0 aliphatic carbocycles. The molecule has 1 aromatic rings. The van der Waals surface area contributed by atoms with Crippen LogP contribution in [0.1, 0.15) is 30.8 Å². The first-order valence-electron chi connectivity index (χ1n) is 5.57. The molecule has 1 amide bonds. The lowest BCUT2D eigenvalue weighted by molar-refractivity contribution is 0.0934. The van der Waals surface area contributed by atoms with E-state index in [0.29, 0.717) is 23.7 Å². The molecule has 0 fully saturated rings. The maximum absolute atomic E-state index is 11.7. The normalized spacial score (nSPS) is 14.1. The van der Waals surface area contributed by atoms with Gasteiger partial charge in [-0.1, -0.05) is 18.5 Å². The molecule has 5 heteroatoms. The van der Waals surface area contributed by atoms with Crippen LogP contribution in [-0.2, 0) is 0 Å². The summed E-state index contributed by atoms with van der Waals surface area (Å²) in [6.07, 6.45) is 1.75. The predicted octanol–water partition coefficient (Wildman–Crippen LogP) is 1.87. The summed E-state index contributed by atoms with van der Waals surface area (Å²) in [6, 6.07) is 3.21. The Hall–Kier alpha value is -1.13. The Labute approximate surface area is 106 Å². The predicted molar refractivity (Wildman–Crippen MR) is 67.0 cm³/mol. The molecule has 2 unspecified atom stereocenters. The van der Waals surface area contributed by atoms with Crippen LogP contribution in [-0.4, -0.2) is 28.6 Å². The van der Waals surface area contributed by atoms with Gasteiger partial charge in [-0.3, -0.25) is 4.79 Å². The van der Waals surface area contributed by atoms with Gasteiger partial charge in [0.2, 0.25) is 0 Å². The van der Waals surface area contributed by atoms with Crippen molar-refractivity contribution in [1.29, 1.82) is 0 Å². The minimum atomic E-state index is -0.351. The van der Waals surface area contributed by atoms with E-state index in [-0.39, 0.29) is 17.9 Å². The number of aliphatic hydroxyl groups excluding tert-OH is 1. The van der Waals surface area contributed by atoms with Crippen LogP contribution in [0.2, 0.25) is 5.02 Å². The van der Waals surface area contributed by atoms with Crippen molar-refractivity contribution in [3.8, 4) is 0 Å².